The van der Waals surface area contributed by atoms with E-state index in [2.05, 4.69) is 24.0 Å². The lowest BCUT2D eigenvalue weighted by Crippen LogP contribution is -2.35. The molecule has 0 saturated heterocycles. The Hall–Kier alpha value is -1.12. The van der Waals surface area contributed by atoms with Gasteiger partial charge in [-0.05, 0) is 12.5 Å². The van der Waals surface area contributed by atoms with Gasteiger partial charge < -0.3 is 10.4 Å². The molecule has 0 heterocycles. The summed E-state index contributed by atoms with van der Waals surface area (Å²) in [4.78, 5) is 0. The highest BCUT2D eigenvalue weighted by Crippen LogP contribution is 2.03. The highest BCUT2D eigenvalue weighted by molar-refractivity contribution is 5.14. The van der Waals surface area contributed by atoms with E-state index in [-0.39, 0.29) is 0 Å². The minimum absolute atomic E-state index is 0.519. The summed E-state index contributed by atoms with van der Waals surface area (Å²) in [5.41, 5.74) is 0.391. The van der Waals surface area contributed by atoms with E-state index in [9.17, 15) is 5.11 Å². The van der Waals surface area contributed by atoms with Crippen LogP contribution >= 0.6 is 0 Å². The molecule has 1 unspecified atom stereocenters. The SMILES string of the molecule is C=CC(C)(O)CNCc1ccccc1. The Labute approximate surface area is 85.3 Å². The monoisotopic (exact) mass is 191 g/mol. The second kappa shape index (κ2) is 4.94. The third-order valence-electron chi connectivity index (χ3n) is 2.09. The van der Waals surface area contributed by atoms with Crippen molar-refractivity contribution in [3.8, 4) is 0 Å². The van der Waals surface area contributed by atoms with Crippen LogP contribution in [-0.4, -0.2) is 17.3 Å². The fourth-order valence-electron chi connectivity index (χ4n) is 1.13. The van der Waals surface area contributed by atoms with E-state index >= 15 is 0 Å². The first-order valence-corrected chi connectivity index (χ1v) is 4.75. The van der Waals surface area contributed by atoms with Gasteiger partial charge in [0.25, 0.3) is 0 Å². The van der Waals surface area contributed by atoms with E-state index < -0.39 is 5.60 Å². The number of nitrogens with one attached hydrogen (secondary N) is 1. The predicted octanol–water partition coefficient (Wildman–Crippen LogP) is 1.71. The normalized spacial score (nSPS) is 14.7. The van der Waals surface area contributed by atoms with Crippen molar-refractivity contribution in [2.75, 3.05) is 6.54 Å². The molecule has 0 radical (unpaired) electrons. The summed E-state index contributed by atoms with van der Waals surface area (Å²) in [5, 5.41) is 12.8. The molecule has 0 aliphatic heterocycles. The Morgan fingerprint density at radius 1 is 1.43 bits per heavy atom. The van der Waals surface area contributed by atoms with E-state index in [0.29, 0.717) is 6.54 Å². The molecule has 76 valence electrons. The molecule has 1 aromatic rings. The number of benzene rings is 1. The minimum Gasteiger partial charge on any atom is -0.385 e. The van der Waals surface area contributed by atoms with Crippen LogP contribution in [0.5, 0.6) is 0 Å². The van der Waals surface area contributed by atoms with Crippen molar-refractivity contribution in [2.45, 2.75) is 19.1 Å². The van der Waals surface area contributed by atoms with E-state index in [1.165, 1.54) is 5.56 Å². The van der Waals surface area contributed by atoms with Gasteiger partial charge in [-0.2, -0.15) is 0 Å². The number of rotatable bonds is 5. The van der Waals surface area contributed by atoms with E-state index in [1.807, 2.05) is 18.2 Å². The second-order valence-corrected chi connectivity index (χ2v) is 3.65. The first kappa shape index (κ1) is 11.0. The van der Waals surface area contributed by atoms with Gasteiger partial charge in [-0.15, -0.1) is 6.58 Å². The number of aliphatic hydroxyl groups is 1. The summed E-state index contributed by atoms with van der Waals surface area (Å²) >= 11 is 0. The summed E-state index contributed by atoms with van der Waals surface area (Å²) in [6, 6.07) is 10.1. The number of hydrogen-bond donors (Lipinski definition) is 2. The van der Waals surface area contributed by atoms with Gasteiger partial charge in [0.05, 0.1) is 5.60 Å². The van der Waals surface area contributed by atoms with Gasteiger partial charge in [0.1, 0.15) is 0 Å². The van der Waals surface area contributed by atoms with E-state index in [4.69, 9.17) is 0 Å². The van der Waals surface area contributed by atoms with Gasteiger partial charge in [-0.3, -0.25) is 0 Å². The molecule has 0 saturated carbocycles. The summed E-state index contributed by atoms with van der Waals surface area (Å²) in [5.74, 6) is 0. The van der Waals surface area contributed by atoms with E-state index in [0.717, 1.165) is 6.54 Å². The quantitative estimate of drug-likeness (QED) is 0.694. The zero-order valence-electron chi connectivity index (χ0n) is 8.53. The first-order chi connectivity index (χ1) is 6.64. The van der Waals surface area contributed by atoms with Crippen molar-refractivity contribution in [1.82, 2.24) is 5.32 Å². The smallest absolute Gasteiger partial charge is 0.0921 e. The van der Waals surface area contributed by atoms with Crippen LogP contribution in [0.4, 0.5) is 0 Å². The zero-order chi connectivity index (χ0) is 10.4. The first-order valence-electron chi connectivity index (χ1n) is 4.75. The largest absolute Gasteiger partial charge is 0.385 e. The van der Waals surface area contributed by atoms with Gasteiger partial charge in [0.15, 0.2) is 0 Å². The molecule has 1 atom stereocenters. The Morgan fingerprint density at radius 3 is 2.64 bits per heavy atom. The van der Waals surface area contributed by atoms with Crippen molar-refractivity contribution in [2.24, 2.45) is 0 Å². The third-order valence-corrected chi connectivity index (χ3v) is 2.09. The molecule has 2 N–H and O–H groups in total. The second-order valence-electron chi connectivity index (χ2n) is 3.65. The fraction of sp³-hybridized carbons (Fsp3) is 0.333. The van der Waals surface area contributed by atoms with Crippen LogP contribution in [0.3, 0.4) is 0 Å². The van der Waals surface area contributed by atoms with Crippen LogP contribution < -0.4 is 5.32 Å². The van der Waals surface area contributed by atoms with Crippen LogP contribution in [-0.2, 0) is 6.54 Å². The average molecular weight is 191 g/mol. The molecule has 14 heavy (non-hydrogen) atoms. The van der Waals surface area contributed by atoms with Crippen molar-refractivity contribution in [3.05, 3.63) is 48.6 Å². The van der Waals surface area contributed by atoms with Crippen LogP contribution in [0.1, 0.15) is 12.5 Å². The van der Waals surface area contributed by atoms with Crippen molar-refractivity contribution in [1.29, 1.82) is 0 Å². The van der Waals surface area contributed by atoms with Gasteiger partial charge in [-0.25, -0.2) is 0 Å². The fourth-order valence-corrected chi connectivity index (χ4v) is 1.13. The molecule has 2 heteroatoms. The highest BCUT2D eigenvalue weighted by atomic mass is 16.3. The van der Waals surface area contributed by atoms with Crippen LogP contribution in [0.2, 0.25) is 0 Å². The highest BCUT2D eigenvalue weighted by Gasteiger charge is 2.13. The molecule has 0 aromatic heterocycles. The Kier molecular flexibility index (Phi) is 3.86. The maximum atomic E-state index is 9.62. The van der Waals surface area contributed by atoms with Gasteiger partial charge in [0.2, 0.25) is 0 Å². The Morgan fingerprint density at radius 2 is 2.07 bits per heavy atom. The molecule has 1 rings (SSSR count). The topological polar surface area (TPSA) is 32.3 Å². The summed E-state index contributed by atoms with van der Waals surface area (Å²) < 4.78 is 0. The molecule has 1 aromatic carbocycles. The zero-order valence-corrected chi connectivity index (χ0v) is 8.53. The molecule has 0 amide bonds. The standard InChI is InChI=1S/C12H17NO/c1-3-12(2,14)10-13-9-11-7-5-4-6-8-11/h3-8,13-14H,1,9-10H2,2H3. The minimum atomic E-state index is -0.825. The molecule has 0 aliphatic carbocycles. The van der Waals surface area contributed by atoms with Gasteiger partial charge in [-0.1, -0.05) is 36.4 Å². The summed E-state index contributed by atoms with van der Waals surface area (Å²) in [6.07, 6.45) is 1.55. The van der Waals surface area contributed by atoms with Crippen molar-refractivity contribution in [3.63, 3.8) is 0 Å². The lowest BCUT2D eigenvalue weighted by atomic mass is 10.1. The van der Waals surface area contributed by atoms with Crippen molar-refractivity contribution < 1.29 is 5.11 Å². The maximum Gasteiger partial charge on any atom is 0.0921 e. The van der Waals surface area contributed by atoms with E-state index in [1.54, 1.807) is 13.0 Å². The van der Waals surface area contributed by atoms with Crippen molar-refractivity contribution >= 4 is 0 Å². The maximum absolute atomic E-state index is 9.62. The molecular formula is C12H17NO. The van der Waals surface area contributed by atoms with Crippen LogP contribution in [0.15, 0.2) is 43.0 Å². The van der Waals surface area contributed by atoms with Gasteiger partial charge >= 0.3 is 0 Å². The lowest BCUT2D eigenvalue weighted by Gasteiger charge is -2.18. The Bertz CT molecular complexity index is 280. The van der Waals surface area contributed by atoms with Crippen LogP contribution in [0, 0.1) is 0 Å². The molecule has 2 nitrogen and oxygen atoms in total. The van der Waals surface area contributed by atoms with Crippen LogP contribution in [0.25, 0.3) is 0 Å². The number of hydrogen-bond acceptors (Lipinski definition) is 2. The lowest BCUT2D eigenvalue weighted by molar-refractivity contribution is 0.110. The summed E-state index contributed by atoms with van der Waals surface area (Å²) in [7, 11) is 0. The predicted molar refractivity (Wildman–Crippen MR) is 59.0 cm³/mol. The summed E-state index contributed by atoms with van der Waals surface area (Å²) in [6.45, 7) is 6.59. The molecule has 0 bridgehead atoms. The average Bonchev–Trinajstić information content (AvgIpc) is 2.19. The molecule has 0 spiro atoms. The Balaban J connectivity index is 2.32. The molecule has 0 aliphatic rings. The molecule has 0 fully saturated rings. The third kappa shape index (κ3) is 3.73. The molecular weight excluding hydrogens is 174 g/mol. The van der Waals surface area contributed by atoms with Gasteiger partial charge in [0, 0.05) is 13.1 Å².